The van der Waals surface area contributed by atoms with Crippen molar-refractivity contribution in [1.82, 2.24) is 10.3 Å². The lowest BCUT2D eigenvalue weighted by Gasteiger charge is -2.26. The summed E-state index contributed by atoms with van der Waals surface area (Å²) in [5, 5.41) is 6.89. The van der Waals surface area contributed by atoms with Gasteiger partial charge in [0.05, 0.1) is 5.69 Å². The van der Waals surface area contributed by atoms with Gasteiger partial charge in [-0.25, -0.2) is 4.98 Å². The Morgan fingerprint density at radius 3 is 2.76 bits per heavy atom. The maximum absolute atomic E-state index is 4.80. The molecule has 1 aromatic rings. The van der Waals surface area contributed by atoms with Crippen molar-refractivity contribution in [2.45, 2.75) is 58.5 Å². The molecule has 21 heavy (non-hydrogen) atoms. The molecule has 2 bridgehead atoms. The first-order valence-electron chi connectivity index (χ1n) is 8.31. The molecule has 1 heterocycles. The molecule has 4 heteroatoms. The van der Waals surface area contributed by atoms with E-state index in [9.17, 15) is 0 Å². The molecular weight excluding hydrogens is 278 g/mol. The van der Waals surface area contributed by atoms with Gasteiger partial charge in [0.1, 0.15) is 0 Å². The molecule has 0 spiro atoms. The molecule has 2 aliphatic carbocycles. The Bertz CT molecular complexity index is 477. The average molecular weight is 308 g/mol. The van der Waals surface area contributed by atoms with E-state index in [4.69, 9.17) is 4.98 Å². The van der Waals surface area contributed by atoms with Crippen LogP contribution in [0.15, 0.2) is 5.38 Å². The third-order valence-electron chi connectivity index (χ3n) is 5.06. The molecule has 0 aliphatic heterocycles. The summed E-state index contributed by atoms with van der Waals surface area (Å²) in [6, 6.07) is 0. The number of nitrogens with one attached hydrogen (secondary N) is 1. The van der Waals surface area contributed by atoms with Gasteiger partial charge >= 0.3 is 0 Å². The number of aromatic nitrogens is 1. The van der Waals surface area contributed by atoms with Gasteiger partial charge in [0.2, 0.25) is 0 Å². The predicted octanol–water partition coefficient (Wildman–Crippen LogP) is 3.90. The van der Waals surface area contributed by atoms with E-state index in [1.54, 1.807) is 11.3 Å². The van der Waals surface area contributed by atoms with Crippen LogP contribution < -0.4 is 10.2 Å². The highest BCUT2D eigenvalue weighted by atomic mass is 32.1. The number of fused-ring (bicyclic) bond motifs is 2. The summed E-state index contributed by atoms with van der Waals surface area (Å²) in [4.78, 5) is 7.18. The first kappa shape index (κ1) is 15.3. The van der Waals surface area contributed by atoms with Gasteiger partial charge in [-0.15, -0.1) is 11.3 Å². The fourth-order valence-corrected chi connectivity index (χ4v) is 4.74. The standard InChI is InChI=1S/C17H29N3S/c1-17(2,3)18-9-15-11-21-16(19-15)20(4)10-14-8-12-5-6-13(14)7-12/h11-14,18H,5-10H2,1-4H3. The number of nitrogens with zero attached hydrogens (tertiary/aromatic N) is 2. The second-order valence-corrected chi connectivity index (χ2v) is 8.88. The fraction of sp³-hybridized carbons (Fsp3) is 0.824. The molecule has 0 saturated heterocycles. The molecule has 0 radical (unpaired) electrons. The normalized spacial score (nSPS) is 28.3. The van der Waals surface area contributed by atoms with Crippen molar-refractivity contribution in [2.24, 2.45) is 17.8 Å². The van der Waals surface area contributed by atoms with Gasteiger partial charge in [-0.3, -0.25) is 0 Å². The zero-order valence-corrected chi connectivity index (χ0v) is 14.7. The van der Waals surface area contributed by atoms with E-state index in [2.05, 4.69) is 43.4 Å². The van der Waals surface area contributed by atoms with E-state index in [1.165, 1.54) is 43.1 Å². The Morgan fingerprint density at radius 2 is 2.14 bits per heavy atom. The van der Waals surface area contributed by atoms with Crippen LogP contribution in [0, 0.1) is 17.8 Å². The monoisotopic (exact) mass is 307 g/mol. The molecule has 2 fully saturated rings. The van der Waals surface area contributed by atoms with E-state index in [-0.39, 0.29) is 5.54 Å². The van der Waals surface area contributed by atoms with E-state index >= 15 is 0 Å². The minimum Gasteiger partial charge on any atom is -0.351 e. The number of hydrogen-bond donors (Lipinski definition) is 1. The summed E-state index contributed by atoms with van der Waals surface area (Å²) in [6.45, 7) is 8.65. The Kier molecular flexibility index (Phi) is 4.28. The predicted molar refractivity (Wildman–Crippen MR) is 90.9 cm³/mol. The van der Waals surface area contributed by atoms with Crippen molar-refractivity contribution in [3.05, 3.63) is 11.1 Å². The second-order valence-electron chi connectivity index (χ2n) is 8.04. The number of anilines is 1. The highest BCUT2D eigenvalue weighted by Crippen LogP contribution is 2.48. The topological polar surface area (TPSA) is 28.2 Å². The number of rotatable bonds is 5. The van der Waals surface area contributed by atoms with Crippen molar-refractivity contribution in [3.8, 4) is 0 Å². The van der Waals surface area contributed by atoms with E-state index in [1.807, 2.05) is 0 Å². The van der Waals surface area contributed by atoms with Crippen LogP contribution in [0.1, 0.15) is 52.1 Å². The van der Waals surface area contributed by atoms with Gasteiger partial charge in [0.25, 0.3) is 0 Å². The van der Waals surface area contributed by atoms with Crippen molar-refractivity contribution >= 4 is 16.5 Å². The SMILES string of the molecule is CN(CC1CC2CCC1C2)c1nc(CNC(C)(C)C)cs1. The van der Waals surface area contributed by atoms with Crippen LogP contribution in [-0.4, -0.2) is 24.1 Å². The largest absolute Gasteiger partial charge is 0.351 e. The Balaban J connectivity index is 1.53. The molecule has 3 nitrogen and oxygen atoms in total. The second kappa shape index (κ2) is 5.88. The molecule has 3 atom stereocenters. The highest BCUT2D eigenvalue weighted by Gasteiger charge is 2.39. The lowest BCUT2D eigenvalue weighted by molar-refractivity contribution is 0.337. The van der Waals surface area contributed by atoms with E-state index in [0.717, 1.165) is 24.3 Å². The van der Waals surface area contributed by atoms with Crippen LogP contribution in [0.5, 0.6) is 0 Å². The Hall–Kier alpha value is -0.610. The van der Waals surface area contributed by atoms with Crippen molar-refractivity contribution in [3.63, 3.8) is 0 Å². The van der Waals surface area contributed by atoms with E-state index in [0.29, 0.717) is 0 Å². The third-order valence-corrected chi connectivity index (χ3v) is 6.06. The quantitative estimate of drug-likeness (QED) is 0.894. The lowest BCUT2D eigenvalue weighted by atomic mass is 9.88. The van der Waals surface area contributed by atoms with Gasteiger partial charge in [0.15, 0.2) is 5.13 Å². The van der Waals surface area contributed by atoms with Gasteiger partial charge in [-0.05, 0) is 57.8 Å². The number of thiazole rings is 1. The van der Waals surface area contributed by atoms with Crippen LogP contribution in [0.2, 0.25) is 0 Å². The first-order chi connectivity index (χ1) is 9.90. The summed E-state index contributed by atoms with van der Waals surface area (Å²) in [7, 11) is 2.21. The van der Waals surface area contributed by atoms with Gasteiger partial charge < -0.3 is 10.2 Å². The molecule has 2 aliphatic rings. The van der Waals surface area contributed by atoms with Gasteiger partial charge in [-0.1, -0.05) is 6.42 Å². The molecule has 0 amide bonds. The summed E-state index contributed by atoms with van der Waals surface area (Å²) in [5.41, 5.74) is 1.32. The van der Waals surface area contributed by atoms with Crippen molar-refractivity contribution in [1.29, 1.82) is 0 Å². The van der Waals surface area contributed by atoms with Gasteiger partial charge in [-0.2, -0.15) is 0 Å². The molecule has 2 saturated carbocycles. The Labute approximate surface area is 133 Å². The molecule has 3 unspecified atom stereocenters. The van der Waals surface area contributed by atoms with Gasteiger partial charge in [0, 0.05) is 31.1 Å². The zero-order chi connectivity index (χ0) is 15.0. The number of hydrogen-bond acceptors (Lipinski definition) is 4. The minimum atomic E-state index is 0.152. The molecule has 1 aromatic heterocycles. The average Bonchev–Trinajstić information content (AvgIpc) is 3.11. The summed E-state index contributed by atoms with van der Waals surface area (Å²) in [6.07, 6.45) is 5.92. The smallest absolute Gasteiger partial charge is 0.185 e. The third kappa shape index (κ3) is 3.78. The van der Waals surface area contributed by atoms with Crippen LogP contribution in [0.25, 0.3) is 0 Å². The minimum absolute atomic E-state index is 0.152. The molecule has 0 aromatic carbocycles. The van der Waals surface area contributed by atoms with E-state index < -0.39 is 0 Å². The van der Waals surface area contributed by atoms with Crippen LogP contribution in [0.3, 0.4) is 0 Å². The summed E-state index contributed by atoms with van der Waals surface area (Å²) in [5.74, 6) is 2.95. The van der Waals surface area contributed by atoms with Crippen LogP contribution >= 0.6 is 11.3 Å². The molecule has 118 valence electrons. The molecule has 1 N–H and O–H groups in total. The van der Waals surface area contributed by atoms with Crippen molar-refractivity contribution < 1.29 is 0 Å². The highest BCUT2D eigenvalue weighted by molar-refractivity contribution is 7.13. The molecular formula is C17H29N3S. The Morgan fingerprint density at radius 1 is 1.33 bits per heavy atom. The summed E-state index contributed by atoms with van der Waals surface area (Å²) >= 11 is 1.79. The van der Waals surface area contributed by atoms with Crippen LogP contribution in [-0.2, 0) is 6.54 Å². The maximum atomic E-state index is 4.80. The first-order valence-corrected chi connectivity index (χ1v) is 9.19. The lowest BCUT2D eigenvalue weighted by Crippen LogP contribution is -2.35. The van der Waals surface area contributed by atoms with Crippen LogP contribution in [0.4, 0.5) is 5.13 Å². The maximum Gasteiger partial charge on any atom is 0.185 e. The van der Waals surface area contributed by atoms with Crippen molar-refractivity contribution in [2.75, 3.05) is 18.5 Å². The zero-order valence-electron chi connectivity index (χ0n) is 13.9. The fourth-order valence-electron chi connectivity index (χ4n) is 3.94. The molecule has 3 rings (SSSR count). The summed E-state index contributed by atoms with van der Waals surface area (Å²) < 4.78 is 0.